The summed E-state index contributed by atoms with van der Waals surface area (Å²) < 4.78 is 7.07. The van der Waals surface area contributed by atoms with E-state index in [1.54, 1.807) is 0 Å². The zero-order chi connectivity index (χ0) is 18.0. The molecule has 1 aliphatic rings. The molecule has 1 N–H and O–H groups in total. The van der Waals surface area contributed by atoms with E-state index in [0.717, 1.165) is 39.2 Å². The number of rotatable bonds is 4. The average molecular weight is 361 g/mol. The molecule has 0 amide bonds. The highest BCUT2D eigenvalue weighted by Crippen LogP contribution is 2.35. The average Bonchev–Trinajstić information content (AvgIpc) is 2.98. The smallest absolute Gasteiger partial charge is 0.278 e. The molecule has 1 aromatic heterocycles. The number of thioether (sulfide) groups is 1. The van der Waals surface area contributed by atoms with Gasteiger partial charge in [0.25, 0.3) is 5.56 Å². The third-order valence-electron chi connectivity index (χ3n) is 4.04. The van der Waals surface area contributed by atoms with Crippen molar-refractivity contribution >= 4 is 22.6 Å². The fraction of sp³-hybridized carbons (Fsp3) is 0.353. The number of benzene rings is 1. The number of nitrogens with zero attached hydrogens (tertiary/aromatic N) is 2. The number of aromatic amines is 1. The highest BCUT2D eigenvalue weighted by atomic mass is 32.2. The maximum Gasteiger partial charge on any atom is 0.278 e. The molecule has 2 aromatic rings. The number of carbonyl (C=O) groups excluding carboxylic acids is 1. The molecule has 0 aliphatic carbocycles. The number of fused-ring (bicyclic) bond motifs is 1. The van der Waals surface area contributed by atoms with Gasteiger partial charge in [0.2, 0.25) is 5.12 Å². The van der Waals surface area contributed by atoms with Crippen LogP contribution in [0.5, 0.6) is 5.75 Å². The largest absolute Gasteiger partial charge is 0.492 e. The van der Waals surface area contributed by atoms with Crippen molar-refractivity contribution < 1.29 is 14.4 Å². The van der Waals surface area contributed by atoms with Crippen molar-refractivity contribution in [3.8, 4) is 5.75 Å². The van der Waals surface area contributed by atoms with Gasteiger partial charge in [-0.15, -0.1) is 0 Å². The van der Waals surface area contributed by atoms with Crippen LogP contribution < -0.4 is 10.3 Å². The maximum atomic E-state index is 12.5. The molecule has 1 aromatic carbocycles. The maximum absolute atomic E-state index is 12.5. The van der Waals surface area contributed by atoms with Crippen molar-refractivity contribution in [2.24, 2.45) is 5.16 Å². The van der Waals surface area contributed by atoms with Crippen LogP contribution in [0.25, 0.3) is 0 Å². The van der Waals surface area contributed by atoms with Crippen LogP contribution in [0.4, 0.5) is 0 Å². The van der Waals surface area contributed by atoms with Crippen molar-refractivity contribution in [3.05, 3.63) is 45.4 Å². The Kier molecular flexibility index (Phi) is 4.98. The van der Waals surface area contributed by atoms with Crippen molar-refractivity contribution in [3.63, 3.8) is 0 Å². The zero-order valence-electron chi connectivity index (χ0n) is 14.3. The second-order valence-electron chi connectivity index (χ2n) is 5.51. The molecular formula is C17H19N3O4S. The van der Waals surface area contributed by atoms with Crippen LogP contribution in [0.2, 0.25) is 0 Å². The summed E-state index contributed by atoms with van der Waals surface area (Å²) in [5, 5.41) is 6.58. The van der Waals surface area contributed by atoms with E-state index in [9.17, 15) is 9.59 Å². The van der Waals surface area contributed by atoms with Gasteiger partial charge >= 0.3 is 0 Å². The predicted octanol–water partition coefficient (Wildman–Crippen LogP) is 2.57. The lowest BCUT2D eigenvalue weighted by molar-refractivity contribution is 0.108. The standard InChI is InChI=1S/C17H19N3O4S/c1-4-20-16(21)11(9-18-20)17(22)25-14-6-5-13-15(10(14)2)12(19-23-3)7-8-24-13/h5-6,9,18H,4,7-8H2,1-3H3. The quantitative estimate of drug-likeness (QED) is 0.668. The monoisotopic (exact) mass is 361 g/mol. The Morgan fingerprint density at radius 3 is 2.96 bits per heavy atom. The highest BCUT2D eigenvalue weighted by Gasteiger charge is 2.24. The molecule has 0 radical (unpaired) electrons. The Labute approximate surface area is 149 Å². The first-order valence-corrected chi connectivity index (χ1v) is 8.75. The molecule has 7 nitrogen and oxygen atoms in total. The molecule has 1 aliphatic heterocycles. The molecule has 3 rings (SSSR count). The van der Waals surface area contributed by atoms with Crippen molar-refractivity contribution in [1.82, 2.24) is 9.78 Å². The normalized spacial score (nSPS) is 14.9. The van der Waals surface area contributed by atoms with Crippen LogP contribution in [0.15, 0.2) is 33.2 Å². The van der Waals surface area contributed by atoms with Crippen molar-refractivity contribution in [2.45, 2.75) is 31.7 Å². The van der Waals surface area contributed by atoms with Gasteiger partial charge in [-0.2, -0.15) is 0 Å². The predicted molar refractivity (Wildman–Crippen MR) is 95.8 cm³/mol. The lowest BCUT2D eigenvalue weighted by Gasteiger charge is -2.21. The first-order valence-electron chi connectivity index (χ1n) is 7.94. The Morgan fingerprint density at radius 1 is 1.48 bits per heavy atom. The second kappa shape index (κ2) is 7.18. The minimum absolute atomic E-state index is 0.144. The first-order chi connectivity index (χ1) is 12.1. The third-order valence-corrected chi connectivity index (χ3v) is 5.11. The van der Waals surface area contributed by atoms with E-state index in [1.807, 2.05) is 26.0 Å². The number of carbonyl (C=O) groups is 1. The number of oxime groups is 1. The summed E-state index contributed by atoms with van der Waals surface area (Å²) in [7, 11) is 1.50. The van der Waals surface area contributed by atoms with Gasteiger partial charge in [-0.05, 0) is 43.3 Å². The van der Waals surface area contributed by atoms with Gasteiger partial charge in [0, 0.05) is 29.6 Å². The Hall–Kier alpha value is -2.48. The Balaban J connectivity index is 1.95. The summed E-state index contributed by atoms with van der Waals surface area (Å²) in [5.74, 6) is 0.728. The summed E-state index contributed by atoms with van der Waals surface area (Å²) >= 11 is 1.03. The molecule has 0 spiro atoms. The summed E-state index contributed by atoms with van der Waals surface area (Å²) in [5.41, 5.74) is 2.38. The van der Waals surface area contributed by atoms with Crippen molar-refractivity contribution in [2.75, 3.05) is 13.7 Å². The summed E-state index contributed by atoms with van der Waals surface area (Å²) in [6.45, 7) is 4.78. The number of hydrogen-bond donors (Lipinski definition) is 1. The van der Waals surface area contributed by atoms with E-state index in [-0.39, 0.29) is 16.2 Å². The highest BCUT2D eigenvalue weighted by molar-refractivity contribution is 8.14. The minimum Gasteiger partial charge on any atom is -0.492 e. The van der Waals surface area contributed by atoms with E-state index >= 15 is 0 Å². The van der Waals surface area contributed by atoms with Gasteiger partial charge in [0.15, 0.2) is 0 Å². The fourth-order valence-corrected chi connectivity index (χ4v) is 3.63. The van der Waals surface area contributed by atoms with Crippen LogP contribution in [0.1, 0.15) is 34.8 Å². The molecule has 8 heteroatoms. The SMILES string of the molecule is CCn1[nH]cc(C(=O)Sc2ccc3c(c2C)C(=NOC)CCO3)c1=O. The van der Waals surface area contributed by atoms with Gasteiger partial charge in [0.05, 0.1) is 12.3 Å². The molecule has 0 saturated heterocycles. The fourth-order valence-electron chi connectivity index (χ4n) is 2.79. The van der Waals surface area contributed by atoms with E-state index in [0.29, 0.717) is 19.6 Å². The summed E-state index contributed by atoms with van der Waals surface area (Å²) in [4.78, 5) is 30.4. The molecule has 0 unspecified atom stereocenters. The molecular weight excluding hydrogens is 342 g/mol. The minimum atomic E-state index is -0.305. The Morgan fingerprint density at radius 2 is 2.28 bits per heavy atom. The van der Waals surface area contributed by atoms with E-state index in [1.165, 1.54) is 18.0 Å². The lowest BCUT2D eigenvalue weighted by atomic mass is 9.99. The zero-order valence-corrected chi connectivity index (χ0v) is 15.1. The van der Waals surface area contributed by atoms with Gasteiger partial charge in [-0.1, -0.05) is 5.16 Å². The summed E-state index contributed by atoms with van der Waals surface area (Å²) in [6, 6.07) is 3.65. The van der Waals surface area contributed by atoms with Crippen LogP contribution in [0, 0.1) is 6.92 Å². The molecule has 0 fully saturated rings. The molecule has 132 valence electrons. The number of H-pyrrole nitrogens is 1. The third kappa shape index (κ3) is 3.21. The number of ether oxygens (including phenoxy) is 1. The molecule has 0 bridgehead atoms. The number of aryl methyl sites for hydroxylation is 1. The summed E-state index contributed by atoms with van der Waals surface area (Å²) in [6.07, 6.45) is 2.10. The molecule has 25 heavy (non-hydrogen) atoms. The van der Waals surface area contributed by atoms with E-state index in [4.69, 9.17) is 9.57 Å². The lowest BCUT2D eigenvalue weighted by Crippen LogP contribution is -2.20. The first kappa shape index (κ1) is 17.3. The van der Waals surface area contributed by atoms with Crippen LogP contribution in [-0.2, 0) is 11.4 Å². The second-order valence-corrected chi connectivity index (χ2v) is 6.52. The number of nitrogens with one attached hydrogen (secondary N) is 1. The van der Waals surface area contributed by atoms with Gasteiger partial charge < -0.3 is 14.7 Å². The van der Waals surface area contributed by atoms with Crippen LogP contribution >= 0.6 is 11.8 Å². The number of hydrogen-bond acceptors (Lipinski definition) is 6. The topological polar surface area (TPSA) is 85.7 Å². The van der Waals surface area contributed by atoms with Crippen molar-refractivity contribution in [1.29, 1.82) is 0 Å². The van der Waals surface area contributed by atoms with Gasteiger partial charge in [-0.3, -0.25) is 14.3 Å². The molecule has 0 atom stereocenters. The molecule has 0 saturated carbocycles. The van der Waals surface area contributed by atoms with E-state index in [2.05, 4.69) is 10.3 Å². The van der Waals surface area contributed by atoms with Crippen LogP contribution in [0.3, 0.4) is 0 Å². The number of aromatic nitrogens is 2. The molecule has 2 heterocycles. The Bertz CT molecular complexity index is 898. The van der Waals surface area contributed by atoms with Gasteiger partial charge in [-0.25, -0.2) is 0 Å². The van der Waals surface area contributed by atoms with E-state index < -0.39 is 0 Å². The van der Waals surface area contributed by atoms with Crippen LogP contribution in [-0.4, -0.2) is 34.3 Å². The van der Waals surface area contributed by atoms with Gasteiger partial charge in [0.1, 0.15) is 18.4 Å².